The number of aromatic hydroxyl groups is 1. The molecule has 2 atom stereocenters. The molecule has 5 aromatic rings. The molecule has 2 bridgehead atoms. The van der Waals surface area contributed by atoms with Gasteiger partial charge in [-0.1, -0.05) is 18.2 Å². The van der Waals surface area contributed by atoms with Crippen molar-refractivity contribution in [2.45, 2.75) is 18.5 Å². The minimum atomic E-state index is -0.670. The molecule has 2 aliphatic rings. The number of rotatable bonds is 4. The topological polar surface area (TPSA) is 78.6 Å². The third-order valence-electron chi connectivity index (χ3n) is 7.26. The molecule has 0 spiro atoms. The van der Waals surface area contributed by atoms with E-state index in [0.717, 1.165) is 35.5 Å². The van der Waals surface area contributed by atoms with Crippen LogP contribution in [0.15, 0.2) is 79.3 Å². The van der Waals surface area contributed by atoms with Gasteiger partial charge in [-0.15, -0.1) is 0 Å². The van der Waals surface area contributed by atoms with Crippen LogP contribution in [0.1, 0.15) is 6.42 Å². The fourth-order valence-corrected chi connectivity index (χ4v) is 5.51. The van der Waals surface area contributed by atoms with Crippen molar-refractivity contribution in [3.05, 3.63) is 85.1 Å². The van der Waals surface area contributed by atoms with Crippen molar-refractivity contribution in [2.75, 3.05) is 18.0 Å². The summed E-state index contributed by atoms with van der Waals surface area (Å²) in [4.78, 5) is 11.3. The Kier molecular flexibility index (Phi) is 4.75. The molecule has 0 amide bonds. The first kappa shape index (κ1) is 21.0. The normalized spacial score (nSPS) is 18.9. The standard InChI is InChI=1S/C28H23FN6O/c29-23-6-3-19(13-25(23)36)26-27(18-7-10-30-11-8-18)33-35-24(9-12-31-28(26)35)17-1-4-21(5-2-17)34-16-20-14-22(34)15-32-20/h1-13,20,22,32,36H,14-16H2/t20-,22-/m0/s1. The monoisotopic (exact) mass is 478 g/mol. The zero-order valence-electron chi connectivity index (χ0n) is 19.3. The molecule has 0 aliphatic carbocycles. The maximum atomic E-state index is 13.9. The van der Waals surface area contributed by atoms with Crippen LogP contribution in [0.3, 0.4) is 0 Å². The van der Waals surface area contributed by atoms with Crippen LogP contribution >= 0.6 is 0 Å². The summed E-state index contributed by atoms with van der Waals surface area (Å²) in [6.45, 7) is 2.09. The Morgan fingerprint density at radius 1 is 0.917 bits per heavy atom. The molecule has 178 valence electrons. The molecule has 0 unspecified atom stereocenters. The smallest absolute Gasteiger partial charge is 0.164 e. The van der Waals surface area contributed by atoms with E-state index >= 15 is 0 Å². The van der Waals surface area contributed by atoms with E-state index < -0.39 is 11.6 Å². The van der Waals surface area contributed by atoms with E-state index in [0.29, 0.717) is 29.0 Å². The molecule has 0 radical (unpaired) electrons. The quantitative estimate of drug-likeness (QED) is 0.396. The Labute approximate surface area is 206 Å². The third-order valence-corrected chi connectivity index (χ3v) is 7.26. The zero-order valence-corrected chi connectivity index (χ0v) is 19.3. The lowest BCUT2D eigenvalue weighted by Crippen LogP contribution is -2.43. The summed E-state index contributed by atoms with van der Waals surface area (Å²) >= 11 is 0. The van der Waals surface area contributed by atoms with Crippen molar-refractivity contribution in [1.29, 1.82) is 0 Å². The summed E-state index contributed by atoms with van der Waals surface area (Å²) in [6.07, 6.45) is 6.38. The van der Waals surface area contributed by atoms with Crippen molar-refractivity contribution >= 4 is 11.3 Å². The number of anilines is 1. The number of nitrogens with one attached hydrogen (secondary N) is 1. The van der Waals surface area contributed by atoms with Crippen LogP contribution in [0, 0.1) is 5.82 Å². The molecule has 7 rings (SSSR count). The lowest BCUT2D eigenvalue weighted by Gasteiger charge is -2.29. The minimum Gasteiger partial charge on any atom is -0.505 e. The van der Waals surface area contributed by atoms with Crippen molar-refractivity contribution in [3.8, 4) is 39.4 Å². The number of aromatic nitrogens is 4. The number of nitrogens with zero attached hydrogens (tertiary/aromatic N) is 5. The van der Waals surface area contributed by atoms with E-state index in [-0.39, 0.29) is 0 Å². The summed E-state index contributed by atoms with van der Waals surface area (Å²) in [5.41, 5.74) is 6.66. The Balaban J connectivity index is 1.37. The van der Waals surface area contributed by atoms with Gasteiger partial charge < -0.3 is 15.3 Å². The summed E-state index contributed by atoms with van der Waals surface area (Å²) in [7, 11) is 0. The molecule has 36 heavy (non-hydrogen) atoms. The number of phenols is 1. The Morgan fingerprint density at radius 3 is 2.44 bits per heavy atom. The largest absolute Gasteiger partial charge is 0.505 e. The van der Waals surface area contributed by atoms with Gasteiger partial charge in [-0.3, -0.25) is 4.98 Å². The van der Waals surface area contributed by atoms with Crippen molar-refractivity contribution in [2.24, 2.45) is 0 Å². The van der Waals surface area contributed by atoms with Crippen molar-refractivity contribution in [3.63, 3.8) is 0 Å². The SMILES string of the molecule is Oc1cc(-c2c(-c3ccncc3)nn3c(-c4ccc(N5C[C@@H]6C[C@H]5CN6)cc4)ccnc23)ccc1F. The van der Waals surface area contributed by atoms with Gasteiger partial charge in [-0.05, 0) is 54.4 Å². The third kappa shape index (κ3) is 3.33. The van der Waals surface area contributed by atoms with Crippen LogP contribution in [0.4, 0.5) is 10.1 Å². The Morgan fingerprint density at radius 2 is 1.72 bits per heavy atom. The number of halogens is 1. The van der Waals surface area contributed by atoms with Gasteiger partial charge >= 0.3 is 0 Å². The van der Waals surface area contributed by atoms with E-state index in [1.165, 1.54) is 24.2 Å². The number of hydrogen-bond acceptors (Lipinski definition) is 6. The zero-order chi connectivity index (χ0) is 24.2. The fraction of sp³-hybridized carbons (Fsp3) is 0.179. The van der Waals surface area contributed by atoms with Crippen LogP contribution in [0.25, 0.3) is 39.3 Å². The summed E-state index contributed by atoms with van der Waals surface area (Å²) in [5, 5.41) is 18.6. The summed E-state index contributed by atoms with van der Waals surface area (Å²) < 4.78 is 15.7. The maximum Gasteiger partial charge on any atom is 0.164 e. The molecular formula is C28H23FN6O. The van der Waals surface area contributed by atoms with Crippen LogP contribution in [-0.4, -0.2) is 49.9 Å². The van der Waals surface area contributed by atoms with Crippen LogP contribution < -0.4 is 10.2 Å². The van der Waals surface area contributed by atoms with Gasteiger partial charge in [0.25, 0.3) is 0 Å². The van der Waals surface area contributed by atoms with Crippen LogP contribution in [0.2, 0.25) is 0 Å². The van der Waals surface area contributed by atoms with E-state index in [4.69, 9.17) is 5.10 Å². The molecule has 0 saturated carbocycles. The van der Waals surface area contributed by atoms with E-state index in [9.17, 15) is 9.50 Å². The Bertz CT molecular complexity index is 1580. The number of piperazine rings is 1. The predicted octanol–water partition coefficient (Wildman–Crippen LogP) is 4.52. The molecule has 5 heterocycles. The second-order valence-corrected chi connectivity index (χ2v) is 9.39. The van der Waals surface area contributed by atoms with Gasteiger partial charge in [-0.25, -0.2) is 13.9 Å². The number of fused-ring (bicyclic) bond motifs is 3. The van der Waals surface area contributed by atoms with Gasteiger partial charge in [0.1, 0.15) is 5.69 Å². The van der Waals surface area contributed by atoms with Gasteiger partial charge in [0.2, 0.25) is 0 Å². The molecule has 3 aromatic heterocycles. The van der Waals surface area contributed by atoms with E-state index in [1.807, 2.05) is 22.7 Å². The van der Waals surface area contributed by atoms with E-state index in [2.05, 4.69) is 44.5 Å². The average molecular weight is 479 g/mol. The van der Waals surface area contributed by atoms with Crippen molar-refractivity contribution < 1.29 is 9.50 Å². The highest BCUT2D eigenvalue weighted by molar-refractivity contribution is 5.91. The molecule has 2 fully saturated rings. The first-order valence-corrected chi connectivity index (χ1v) is 12.0. The van der Waals surface area contributed by atoms with Crippen LogP contribution in [0.5, 0.6) is 5.75 Å². The number of benzene rings is 2. The highest BCUT2D eigenvalue weighted by Crippen LogP contribution is 2.38. The highest BCUT2D eigenvalue weighted by Gasteiger charge is 2.37. The molecule has 2 aromatic carbocycles. The van der Waals surface area contributed by atoms with Gasteiger partial charge in [0, 0.05) is 60.6 Å². The molecule has 2 N–H and O–H groups in total. The summed E-state index contributed by atoms with van der Waals surface area (Å²) in [5.74, 6) is -1.08. The predicted molar refractivity (Wildman–Crippen MR) is 136 cm³/mol. The Hall–Kier alpha value is -4.30. The van der Waals surface area contributed by atoms with Gasteiger partial charge in [0.05, 0.1) is 11.3 Å². The molecule has 2 saturated heterocycles. The number of pyridine rings is 1. The first-order valence-electron chi connectivity index (χ1n) is 12.0. The summed E-state index contributed by atoms with van der Waals surface area (Å²) in [6, 6.07) is 19.8. The van der Waals surface area contributed by atoms with Gasteiger partial charge in [0.15, 0.2) is 17.2 Å². The molecular weight excluding hydrogens is 455 g/mol. The van der Waals surface area contributed by atoms with E-state index in [1.54, 1.807) is 24.7 Å². The maximum absolute atomic E-state index is 13.9. The first-order chi connectivity index (χ1) is 17.7. The van der Waals surface area contributed by atoms with Crippen molar-refractivity contribution in [1.82, 2.24) is 24.9 Å². The molecule has 2 aliphatic heterocycles. The average Bonchev–Trinajstić information content (AvgIpc) is 3.65. The van der Waals surface area contributed by atoms with Gasteiger partial charge in [-0.2, -0.15) is 5.10 Å². The fourth-order valence-electron chi connectivity index (χ4n) is 5.51. The minimum absolute atomic E-state index is 0.412. The molecule has 7 nitrogen and oxygen atoms in total. The lowest BCUT2D eigenvalue weighted by molar-refractivity contribution is 0.433. The molecule has 8 heteroatoms. The second-order valence-electron chi connectivity index (χ2n) is 9.39. The lowest BCUT2D eigenvalue weighted by atomic mass is 10.0. The second kappa shape index (κ2) is 8.13. The number of hydrogen-bond donors (Lipinski definition) is 2. The van der Waals surface area contributed by atoms with Crippen LogP contribution in [-0.2, 0) is 0 Å². The number of phenolic OH excluding ortho intramolecular Hbond substituents is 1. The highest BCUT2D eigenvalue weighted by atomic mass is 19.1.